The molecular weight excluding hydrogens is 415 g/mol. The molecule has 0 bridgehead atoms. The summed E-state index contributed by atoms with van der Waals surface area (Å²) >= 11 is 1.56. The van der Waals surface area contributed by atoms with E-state index in [1.807, 2.05) is 29.3 Å². The van der Waals surface area contributed by atoms with Gasteiger partial charge in [0.05, 0.1) is 12.1 Å². The third-order valence-electron chi connectivity index (χ3n) is 4.57. The maximum atomic E-state index is 13.1. The van der Waals surface area contributed by atoms with Crippen LogP contribution in [0.2, 0.25) is 0 Å². The van der Waals surface area contributed by atoms with Crippen molar-refractivity contribution in [3.8, 4) is 0 Å². The van der Waals surface area contributed by atoms with E-state index >= 15 is 0 Å². The molecule has 2 aromatic heterocycles. The summed E-state index contributed by atoms with van der Waals surface area (Å²) in [5.41, 5.74) is 0.0714. The summed E-state index contributed by atoms with van der Waals surface area (Å²) in [5.74, 6) is 0.0987. The van der Waals surface area contributed by atoms with Crippen LogP contribution in [-0.2, 0) is 25.8 Å². The van der Waals surface area contributed by atoms with Crippen molar-refractivity contribution in [1.82, 2.24) is 14.8 Å². The third-order valence-corrected chi connectivity index (χ3v) is 5.43. The number of alkyl halides is 3. The molecule has 0 spiro atoms. The first-order chi connectivity index (χ1) is 14.3. The Morgan fingerprint density at radius 3 is 2.63 bits per heavy atom. The van der Waals surface area contributed by atoms with Crippen LogP contribution in [0.25, 0.3) is 0 Å². The molecule has 0 radical (unpaired) electrons. The van der Waals surface area contributed by atoms with Gasteiger partial charge < -0.3 is 9.32 Å². The zero-order valence-corrected chi connectivity index (χ0v) is 17.5. The van der Waals surface area contributed by atoms with E-state index in [0.717, 1.165) is 17.0 Å². The van der Waals surface area contributed by atoms with E-state index in [1.165, 1.54) is 17.2 Å². The highest BCUT2D eigenvalue weighted by molar-refractivity contribution is 7.09. The normalized spacial score (nSPS) is 11.8. The van der Waals surface area contributed by atoms with E-state index in [4.69, 9.17) is 4.42 Å². The van der Waals surface area contributed by atoms with Crippen LogP contribution in [0, 0.1) is 0 Å². The zero-order chi connectivity index (χ0) is 21.7. The SMILES string of the molecule is CCN(C)C(=O)c1coc(CN(Cc2cccc(C(F)(F)F)c2)Cc2cccs2)n1. The molecular formula is C21H22F3N3O2S. The number of carbonyl (C=O) groups excluding carboxylic acids is 1. The fourth-order valence-corrected chi connectivity index (χ4v) is 3.65. The summed E-state index contributed by atoms with van der Waals surface area (Å²) < 4.78 is 44.6. The van der Waals surface area contributed by atoms with Crippen molar-refractivity contribution in [3.63, 3.8) is 0 Å². The van der Waals surface area contributed by atoms with E-state index in [-0.39, 0.29) is 24.7 Å². The van der Waals surface area contributed by atoms with Gasteiger partial charge in [-0.1, -0.05) is 24.3 Å². The molecule has 0 saturated heterocycles. The number of thiophene rings is 1. The van der Waals surface area contributed by atoms with Crippen LogP contribution in [-0.4, -0.2) is 34.3 Å². The van der Waals surface area contributed by atoms with Crippen molar-refractivity contribution in [2.45, 2.75) is 32.7 Å². The number of hydrogen-bond acceptors (Lipinski definition) is 5. The molecule has 0 atom stereocenters. The van der Waals surface area contributed by atoms with Crippen molar-refractivity contribution in [1.29, 1.82) is 0 Å². The van der Waals surface area contributed by atoms with E-state index in [0.29, 0.717) is 24.5 Å². The summed E-state index contributed by atoms with van der Waals surface area (Å²) in [6, 6.07) is 9.17. The highest BCUT2D eigenvalue weighted by atomic mass is 32.1. The minimum Gasteiger partial charge on any atom is -0.447 e. The summed E-state index contributed by atoms with van der Waals surface area (Å²) in [6.07, 6.45) is -3.07. The Bertz CT molecular complexity index is 970. The molecule has 0 aliphatic carbocycles. The van der Waals surface area contributed by atoms with Gasteiger partial charge in [0, 0.05) is 31.6 Å². The van der Waals surface area contributed by atoms with Gasteiger partial charge in [0.15, 0.2) is 5.69 Å². The standard InChI is InChI=1S/C21H22F3N3O2S/c1-3-26(2)20(28)18-14-29-19(25-18)13-27(12-17-8-5-9-30-17)11-15-6-4-7-16(10-15)21(22,23)24/h4-10,14H,3,11-13H2,1-2H3. The van der Waals surface area contributed by atoms with Crippen LogP contribution >= 0.6 is 11.3 Å². The van der Waals surface area contributed by atoms with Crippen LogP contribution in [0.4, 0.5) is 13.2 Å². The molecule has 0 N–H and O–H groups in total. The minimum atomic E-state index is -4.39. The Morgan fingerprint density at radius 1 is 1.17 bits per heavy atom. The first kappa shape index (κ1) is 22.0. The number of aromatic nitrogens is 1. The summed E-state index contributed by atoms with van der Waals surface area (Å²) in [4.78, 5) is 21.0. The lowest BCUT2D eigenvalue weighted by Gasteiger charge is -2.21. The summed E-state index contributed by atoms with van der Waals surface area (Å²) in [6.45, 7) is 3.46. The molecule has 3 aromatic rings. The lowest BCUT2D eigenvalue weighted by molar-refractivity contribution is -0.137. The second-order valence-electron chi connectivity index (χ2n) is 6.87. The van der Waals surface area contributed by atoms with Crippen LogP contribution in [0.1, 0.15) is 39.3 Å². The Balaban J connectivity index is 1.78. The lowest BCUT2D eigenvalue weighted by atomic mass is 10.1. The van der Waals surface area contributed by atoms with Gasteiger partial charge in [-0.05, 0) is 30.0 Å². The van der Waals surface area contributed by atoms with Gasteiger partial charge in [-0.15, -0.1) is 11.3 Å². The van der Waals surface area contributed by atoms with E-state index in [1.54, 1.807) is 24.5 Å². The average Bonchev–Trinajstić information content (AvgIpc) is 3.38. The summed E-state index contributed by atoms with van der Waals surface area (Å²) in [7, 11) is 1.67. The minimum absolute atomic E-state index is 0.212. The van der Waals surface area contributed by atoms with Gasteiger partial charge in [-0.25, -0.2) is 4.98 Å². The van der Waals surface area contributed by atoms with Gasteiger partial charge in [0.2, 0.25) is 5.89 Å². The van der Waals surface area contributed by atoms with Crippen molar-refractivity contribution < 1.29 is 22.4 Å². The molecule has 1 aromatic carbocycles. The molecule has 30 heavy (non-hydrogen) atoms. The molecule has 0 fully saturated rings. The Kier molecular flexibility index (Phi) is 6.94. The van der Waals surface area contributed by atoms with Crippen molar-refractivity contribution in [2.24, 2.45) is 0 Å². The van der Waals surface area contributed by atoms with E-state index in [9.17, 15) is 18.0 Å². The van der Waals surface area contributed by atoms with Crippen molar-refractivity contribution in [2.75, 3.05) is 13.6 Å². The van der Waals surface area contributed by atoms with Crippen LogP contribution in [0.15, 0.2) is 52.5 Å². The second-order valence-corrected chi connectivity index (χ2v) is 7.90. The highest BCUT2D eigenvalue weighted by Gasteiger charge is 2.30. The fourth-order valence-electron chi connectivity index (χ4n) is 2.91. The predicted molar refractivity (Wildman–Crippen MR) is 108 cm³/mol. The van der Waals surface area contributed by atoms with Gasteiger partial charge in [0.25, 0.3) is 5.91 Å². The highest BCUT2D eigenvalue weighted by Crippen LogP contribution is 2.30. The maximum absolute atomic E-state index is 13.1. The van der Waals surface area contributed by atoms with Crippen LogP contribution in [0.5, 0.6) is 0 Å². The molecule has 9 heteroatoms. The number of nitrogens with zero attached hydrogens (tertiary/aromatic N) is 3. The van der Waals surface area contributed by atoms with E-state index < -0.39 is 11.7 Å². The largest absolute Gasteiger partial charge is 0.447 e. The quantitative estimate of drug-likeness (QED) is 0.495. The second kappa shape index (κ2) is 9.44. The van der Waals surface area contributed by atoms with Crippen molar-refractivity contribution in [3.05, 3.63) is 75.6 Å². The fraction of sp³-hybridized carbons (Fsp3) is 0.333. The smallest absolute Gasteiger partial charge is 0.416 e. The van der Waals surface area contributed by atoms with Gasteiger partial charge >= 0.3 is 6.18 Å². The van der Waals surface area contributed by atoms with Crippen LogP contribution in [0.3, 0.4) is 0 Å². The zero-order valence-electron chi connectivity index (χ0n) is 16.6. The molecule has 2 heterocycles. The molecule has 0 aliphatic rings. The molecule has 0 unspecified atom stereocenters. The Labute approximate surface area is 176 Å². The van der Waals surface area contributed by atoms with Crippen LogP contribution < -0.4 is 0 Å². The number of amides is 1. The molecule has 3 rings (SSSR count). The molecule has 160 valence electrons. The average molecular weight is 437 g/mol. The Morgan fingerprint density at radius 2 is 1.97 bits per heavy atom. The maximum Gasteiger partial charge on any atom is 0.416 e. The summed E-state index contributed by atoms with van der Waals surface area (Å²) in [5, 5.41) is 1.94. The number of benzene rings is 1. The van der Waals surface area contributed by atoms with Gasteiger partial charge in [-0.2, -0.15) is 13.2 Å². The first-order valence-corrected chi connectivity index (χ1v) is 10.2. The lowest BCUT2D eigenvalue weighted by Crippen LogP contribution is -2.26. The number of carbonyl (C=O) groups is 1. The third kappa shape index (κ3) is 5.70. The van der Waals surface area contributed by atoms with Gasteiger partial charge in [-0.3, -0.25) is 9.69 Å². The van der Waals surface area contributed by atoms with E-state index in [2.05, 4.69) is 4.98 Å². The van der Waals surface area contributed by atoms with Crippen molar-refractivity contribution >= 4 is 17.2 Å². The number of halogens is 3. The molecule has 0 saturated carbocycles. The number of oxazole rings is 1. The number of rotatable bonds is 8. The van der Waals surface area contributed by atoms with Gasteiger partial charge in [0.1, 0.15) is 6.26 Å². The predicted octanol–water partition coefficient (Wildman–Crippen LogP) is 5.05. The molecule has 1 amide bonds. The topological polar surface area (TPSA) is 49.6 Å². The first-order valence-electron chi connectivity index (χ1n) is 9.37. The monoisotopic (exact) mass is 437 g/mol. The number of hydrogen-bond donors (Lipinski definition) is 0. The molecule has 0 aliphatic heterocycles. The molecule has 5 nitrogen and oxygen atoms in total. The Hall–Kier alpha value is -2.65.